The van der Waals surface area contributed by atoms with Crippen LogP contribution in [0, 0.1) is 10.1 Å². The Labute approximate surface area is 108 Å². The van der Waals surface area contributed by atoms with E-state index in [1.807, 2.05) is 0 Å². The summed E-state index contributed by atoms with van der Waals surface area (Å²) >= 11 is 0. The monoisotopic (exact) mass is 270 g/mol. The van der Waals surface area contributed by atoms with Crippen LogP contribution in [0.15, 0.2) is 12.3 Å². The lowest BCUT2D eigenvalue weighted by molar-refractivity contribution is -0.389. The molecule has 0 aliphatic heterocycles. The van der Waals surface area contributed by atoms with Crippen molar-refractivity contribution >= 4 is 17.7 Å². The summed E-state index contributed by atoms with van der Waals surface area (Å²) in [5, 5.41) is 23.0. The Morgan fingerprint density at radius 2 is 2.16 bits per heavy atom. The van der Waals surface area contributed by atoms with Crippen LogP contribution in [0.3, 0.4) is 0 Å². The summed E-state index contributed by atoms with van der Waals surface area (Å²) in [6, 6.07) is 1.16. The van der Waals surface area contributed by atoms with Crippen molar-refractivity contribution in [1.29, 1.82) is 0 Å². The predicted molar refractivity (Wildman–Crippen MR) is 63.4 cm³/mol. The van der Waals surface area contributed by atoms with E-state index in [1.165, 1.54) is 27.1 Å². The van der Waals surface area contributed by atoms with E-state index in [4.69, 9.17) is 5.11 Å². The number of aliphatic carboxylic acids is 1. The van der Waals surface area contributed by atoms with Crippen molar-refractivity contribution in [3.63, 3.8) is 0 Å². The van der Waals surface area contributed by atoms with Crippen molar-refractivity contribution in [2.24, 2.45) is 0 Å². The van der Waals surface area contributed by atoms with Gasteiger partial charge in [-0.15, -0.1) is 0 Å². The van der Waals surface area contributed by atoms with Crippen LogP contribution in [0.1, 0.15) is 13.8 Å². The number of rotatable bonds is 5. The molecule has 0 spiro atoms. The lowest BCUT2D eigenvalue weighted by Crippen LogP contribution is -2.51. The highest BCUT2D eigenvalue weighted by Gasteiger charge is 2.35. The maximum absolute atomic E-state index is 11.9. The van der Waals surface area contributed by atoms with Gasteiger partial charge in [0.1, 0.15) is 12.1 Å². The van der Waals surface area contributed by atoms with E-state index >= 15 is 0 Å². The minimum atomic E-state index is -1.36. The molecule has 0 radical (unpaired) electrons. The predicted octanol–water partition coefficient (Wildman–Crippen LogP) is 0.113. The van der Waals surface area contributed by atoms with Crippen LogP contribution < -0.4 is 0 Å². The molecule has 9 heteroatoms. The first-order chi connectivity index (χ1) is 8.66. The maximum atomic E-state index is 11.9. The second-order valence-electron chi connectivity index (χ2n) is 4.45. The molecule has 0 fully saturated rings. The number of hydrogen-bond acceptors (Lipinski definition) is 5. The van der Waals surface area contributed by atoms with Crippen LogP contribution in [0.4, 0.5) is 5.82 Å². The fraction of sp³-hybridized carbons (Fsp3) is 0.500. The fourth-order valence-electron chi connectivity index (χ4n) is 1.24. The fourth-order valence-corrected chi connectivity index (χ4v) is 1.24. The number of nitrogens with zero attached hydrogens (tertiary/aromatic N) is 4. The second-order valence-corrected chi connectivity index (χ2v) is 4.45. The summed E-state index contributed by atoms with van der Waals surface area (Å²) < 4.78 is 1.09. The van der Waals surface area contributed by atoms with E-state index in [0.717, 1.165) is 15.6 Å². The van der Waals surface area contributed by atoms with Crippen molar-refractivity contribution in [3.8, 4) is 0 Å². The third-order valence-corrected chi connectivity index (χ3v) is 2.85. The smallest absolute Gasteiger partial charge is 0.389 e. The van der Waals surface area contributed by atoms with Crippen molar-refractivity contribution in [2.45, 2.75) is 25.9 Å². The van der Waals surface area contributed by atoms with Crippen LogP contribution >= 0.6 is 0 Å². The summed E-state index contributed by atoms with van der Waals surface area (Å²) in [5.41, 5.74) is -1.36. The quantitative estimate of drug-likeness (QED) is 0.599. The Balaban J connectivity index is 2.79. The molecule has 0 saturated carbocycles. The molecule has 1 heterocycles. The molecule has 1 N–H and O–H groups in total. The van der Waals surface area contributed by atoms with Crippen LogP contribution in [0.5, 0.6) is 0 Å². The molecule has 0 aromatic carbocycles. The number of likely N-dealkylation sites (N-methyl/N-ethyl adjacent to an activating group) is 1. The average molecular weight is 270 g/mol. The zero-order chi connectivity index (χ0) is 14.8. The number of aromatic nitrogens is 2. The Bertz CT molecular complexity index is 522. The number of hydrogen-bond donors (Lipinski definition) is 1. The summed E-state index contributed by atoms with van der Waals surface area (Å²) in [6.07, 6.45) is 1.29. The number of carbonyl (C=O) groups is 2. The zero-order valence-electron chi connectivity index (χ0n) is 10.7. The molecular weight excluding hydrogens is 256 g/mol. The Morgan fingerprint density at radius 1 is 1.58 bits per heavy atom. The van der Waals surface area contributed by atoms with Crippen molar-refractivity contribution < 1.29 is 19.6 Å². The van der Waals surface area contributed by atoms with Gasteiger partial charge >= 0.3 is 11.8 Å². The molecule has 0 saturated heterocycles. The highest BCUT2D eigenvalue weighted by atomic mass is 16.6. The lowest BCUT2D eigenvalue weighted by Gasteiger charge is -2.31. The highest BCUT2D eigenvalue weighted by molar-refractivity contribution is 5.86. The first-order valence-electron chi connectivity index (χ1n) is 5.34. The molecular formula is C10H14N4O5. The van der Waals surface area contributed by atoms with Gasteiger partial charge in [0.25, 0.3) is 0 Å². The maximum Gasteiger partial charge on any atom is 0.389 e. The average Bonchev–Trinajstić information content (AvgIpc) is 2.76. The minimum Gasteiger partial charge on any atom is -0.480 e. The molecule has 1 aromatic rings. The number of amides is 1. The summed E-state index contributed by atoms with van der Waals surface area (Å²) in [7, 11) is 1.36. The molecule has 104 valence electrons. The van der Waals surface area contributed by atoms with Crippen LogP contribution in [0.2, 0.25) is 0 Å². The van der Waals surface area contributed by atoms with Gasteiger partial charge in [0.2, 0.25) is 5.91 Å². The van der Waals surface area contributed by atoms with Crippen LogP contribution in [-0.4, -0.2) is 49.2 Å². The Kier molecular flexibility index (Phi) is 3.88. The van der Waals surface area contributed by atoms with Crippen LogP contribution in [-0.2, 0) is 16.1 Å². The first-order valence-corrected chi connectivity index (χ1v) is 5.34. The second kappa shape index (κ2) is 5.04. The molecule has 0 aliphatic carbocycles. The molecule has 19 heavy (non-hydrogen) atoms. The Morgan fingerprint density at radius 3 is 2.58 bits per heavy atom. The van der Waals surface area contributed by atoms with Gasteiger partial charge < -0.3 is 20.1 Å². The van der Waals surface area contributed by atoms with Crippen molar-refractivity contribution in [2.75, 3.05) is 7.05 Å². The molecule has 0 aliphatic rings. The molecule has 0 atom stereocenters. The van der Waals surface area contributed by atoms with Crippen LogP contribution in [0.25, 0.3) is 0 Å². The third-order valence-electron chi connectivity index (χ3n) is 2.85. The van der Waals surface area contributed by atoms with Gasteiger partial charge in [-0.05, 0) is 18.8 Å². The van der Waals surface area contributed by atoms with Gasteiger partial charge in [-0.2, -0.15) is 4.68 Å². The van der Waals surface area contributed by atoms with Gasteiger partial charge in [-0.1, -0.05) is 0 Å². The van der Waals surface area contributed by atoms with E-state index in [2.05, 4.69) is 5.10 Å². The minimum absolute atomic E-state index is 0.263. The number of carboxylic acids is 1. The standard InChI is InChI=1S/C10H14N4O5/c1-10(2,9(16)17)12(3)8(15)6-13-5-4-7(11-13)14(18)19/h4-5H,6H2,1-3H3,(H,16,17). The van der Waals surface area contributed by atoms with Crippen molar-refractivity contribution in [1.82, 2.24) is 14.7 Å². The highest BCUT2D eigenvalue weighted by Crippen LogP contribution is 2.13. The number of carbonyl (C=O) groups excluding carboxylic acids is 1. The van der Waals surface area contributed by atoms with Gasteiger partial charge in [0.05, 0.1) is 17.4 Å². The van der Waals surface area contributed by atoms with Crippen molar-refractivity contribution in [3.05, 3.63) is 22.4 Å². The Hall–Kier alpha value is -2.45. The summed E-state index contributed by atoms with van der Waals surface area (Å²) in [5.74, 6) is -2.02. The largest absolute Gasteiger partial charge is 0.480 e. The normalized spacial score (nSPS) is 11.1. The van der Waals surface area contributed by atoms with E-state index in [1.54, 1.807) is 0 Å². The molecule has 1 amide bonds. The van der Waals surface area contributed by atoms with Gasteiger partial charge in [-0.3, -0.25) is 4.79 Å². The number of carboxylic acid groups (broad SMARTS) is 1. The van der Waals surface area contributed by atoms with E-state index in [9.17, 15) is 19.7 Å². The van der Waals surface area contributed by atoms with Gasteiger partial charge in [0, 0.05) is 7.05 Å². The molecule has 0 bridgehead atoms. The molecule has 9 nitrogen and oxygen atoms in total. The topological polar surface area (TPSA) is 119 Å². The van der Waals surface area contributed by atoms with Gasteiger partial charge in [0.15, 0.2) is 0 Å². The summed E-state index contributed by atoms with van der Waals surface area (Å²) in [6.45, 7) is 2.51. The third kappa shape index (κ3) is 3.06. The SMILES string of the molecule is CN(C(=O)Cn1ccc([N+](=O)[O-])n1)C(C)(C)C(=O)O. The van der Waals surface area contributed by atoms with E-state index in [-0.39, 0.29) is 12.4 Å². The summed E-state index contributed by atoms with van der Waals surface area (Å²) in [4.78, 5) is 33.7. The van der Waals surface area contributed by atoms with Gasteiger partial charge in [-0.25, -0.2) is 4.79 Å². The van der Waals surface area contributed by atoms with E-state index < -0.39 is 22.3 Å². The first kappa shape index (κ1) is 14.6. The lowest BCUT2D eigenvalue weighted by atomic mass is 10.0. The van der Waals surface area contributed by atoms with E-state index in [0.29, 0.717) is 0 Å². The molecule has 0 unspecified atom stereocenters. The molecule has 1 rings (SSSR count). The zero-order valence-corrected chi connectivity index (χ0v) is 10.7. The molecule has 1 aromatic heterocycles. The number of nitro groups is 1.